The first kappa shape index (κ1) is 11.0. The third-order valence-electron chi connectivity index (χ3n) is 1.74. The van der Waals surface area contributed by atoms with Crippen LogP contribution in [0.25, 0.3) is 0 Å². The highest BCUT2D eigenvalue weighted by molar-refractivity contribution is 7.71. The summed E-state index contributed by atoms with van der Waals surface area (Å²) in [5.41, 5.74) is -0.237. The number of ether oxygens (including phenoxy) is 1. The molecule has 78 valence electrons. The van der Waals surface area contributed by atoms with E-state index in [1.54, 1.807) is 0 Å². The lowest BCUT2D eigenvalue weighted by Gasteiger charge is -2.03. The molecule has 0 aliphatic carbocycles. The summed E-state index contributed by atoms with van der Waals surface area (Å²) in [6.45, 7) is 2.74. The number of H-pyrrole nitrogens is 2. The van der Waals surface area contributed by atoms with E-state index in [4.69, 9.17) is 17.0 Å². The maximum Gasteiger partial charge on any atom is 0.255 e. The molecule has 2 N–H and O–H groups in total. The van der Waals surface area contributed by atoms with Gasteiger partial charge in [-0.05, 0) is 18.6 Å². The van der Waals surface area contributed by atoms with Crippen molar-refractivity contribution in [3.05, 3.63) is 21.2 Å². The molecule has 0 amide bonds. The average molecular weight is 214 g/mol. The minimum absolute atomic E-state index is 0.237. The van der Waals surface area contributed by atoms with E-state index < -0.39 is 0 Å². The van der Waals surface area contributed by atoms with E-state index in [1.807, 2.05) is 0 Å². The van der Waals surface area contributed by atoms with E-state index in [9.17, 15) is 4.79 Å². The number of hydrogen-bond acceptors (Lipinski definition) is 3. The van der Waals surface area contributed by atoms with Gasteiger partial charge in [-0.15, -0.1) is 0 Å². The van der Waals surface area contributed by atoms with Crippen LogP contribution in [0.2, 0.25) is 0 Å². The Morgan fingerprint density at radius 3 is 2.86 bits per heavy atom. The van der Waals surface area contributed by atoms with Crippen molar-refractivity contribution in [1.29, 1.82) is 0 Å². The van der Waals surface area contributed by atoms with Crippen LogP contribution in [0.15, 0.2) is 10.9 Å². The molecule has 1 aromatic heterocycles. The van der Waals surface area contributed by atoms with E-state index >= 15 is 0 Å². The topological polar surface area (TPSA) is 57.9 Å². The standard InChI is InChI=1S/C9H14N2O2S/c1-2-3-4-5-13-8-6-7(12)10-9(14)11-8/h6H,2-5H2,1H3,(H2,10,11,12,14). The van der Waals surface area contributed by atoms with Crippen LogP contribution in [0.5, 0.6) is 5.88 Å². The minimum Gasteiger partial charge on any atom is -0.479 e. The summed E-state index contributed by atoms with van der Waals surface area (Å²) >= 11 is 4.80. The maximum atomic E-state index is 11.0. The molecule has 5 heteroatoms. The summed E-state index contributed by atoms with van der Waals surface area (Å²) in [6, 6.07) is 1.36. The first-order valence-corrected chi connectivity index (χ1v) is 5.09. The van der Waals surface area contributed by atoms with Crippen LogP contribution in [-0.2, 0) is 0 Å². The van der Waals surface area contributed by atoms with Crippen molar-refractivity contribution in [2.75, 3.05) is 6.61 Å². The summed E-state index contributed by atoms with van der Waals surface area (Å²) in [5.74, 6) is 0.440. The molecule has 0 saturated carbocycles. The Bertz CT molecular complexity index is 355. The van der Waals surface area contributed by atoms with Crippen molar-refractivity contribution in [2.24, 2.45) is 0 Å². The van der Waals surface area contributed by atoms with Gasteiger partial charge in [0.25, 0.3) is 5.56 Å². The van der Waals surface area contributed by atoms with Crippen LogP contribution in [0.3, 0.4) is 0 Å². The summed E-state index contributed by atoms with van der Waals surface area (Å²) in [7, 11) is 0. The molecule has 0 aliphatic rings. The summed E-state index contributed by atoms with van der Waals surface area (Å²) in [5, 5.41) is 0. The third kappa shape index (κ3) is 3.74. The molecule has 1 heterocycles. The fraction of sp³-hybridized carbons (Fsp3) is 0.556. The quantitative estimate of drug-likeness (QED) is 0.582. The second-order valence-corrected chi connectivity index (χ2v) is 3.42. The second-order valence-electron chi connectivity index (χ2n) is 3.01. The van der Waals surface area contributed by atoms with Gasteiger partial charge in [-0.3, -0.25) is 9.78 Å². The third-order valence-corrected chi connectivity index (χ3v) is 1.95. The lowest BCUT2D eigenvalue weighted by Crippen LogP contribution is -2.08. The Labute approximate surface area is 87.3 Å². The first-order valence-electron chi connectivity index (χ1n) is 4.69. The molecule has 0 saturated heterocycles. The molecule has 0 spiro atoms. The van der Waals surface area contributed by atoms with Crippen LogP contribution < -0.4 is 10.3 Å². The van der Waals surface area contributed by atoms with E-state index in [0.29, 0.717) is 17.3 Å². The Balaban J connectivity index is 2.51. The molecule has 0 atom stereocenters. The molecule has 1 aromatic rings. The summed E-state index contributed by atoms with van der Waals surface area (Å²) in [4.78, 5) is 16.2. The van der Waals surface area contributed by atoms with Gasteiger partial charge in [0.15, 0.2) is 10.7 Å². The van der Waals surface area contributed by atoms with E-state index in [2.05, 4.69) is 16.9 Å². The molecule has 1 rings (SSSR count). The SMILES string of the molecule is CCCCCOc1cc(=O)[nH]c(=S)[nH]1. The van der Waals surface area contributed by atoms with Gasteiger partial charge in [-0.2, -0.15) is 0 Å². The van der Waals surface area contributed by atoms with Crippen LogP contribution in [-0.4, -0.2) is 16.6 Å². The van der Waals surface area contributed by atoms with Crippen molar-refractivity contribution in [3.63, 3.8) is 0 Å². The first-order chi connectivity index (χ1) is 6.72. The fourth-order valence-electron chi connectivity index (χ4n) is 1.06. The highest BCUT2D eigenvalue weighted by atomic mass is 32.1. The van der Waals surface area contributed by atoms with E-state index in [-0.39, 0.29) is 5.56 Å². The predicted octanol–water partition coefficient (Wildman–Crippen LogP) is 2.00. The van der Waals surface area contributed by atoms with E-state index in [1.165, 1.54) is 6.07 Å². The molecule has 14 heavy (non-hydrogen) atoms. The van der Waals surface area contributed by atoms with Crippen molar-refractivity contribution >= 4 is 12.2 Å². The normalized spacial score (nSPS) is 10.1. The van der Waals surface area contributed by atoms with Gasteiger partial charge >= 0.3 is 0 Å². The summed E-state index contributed by atoms with van der Waals surface area (Å²) < 4.78 is 5.62. The van der Waals surface area contributed by atoms with Gasteiger partial charge in [-0.25, -0.2) is 0 Å². The highest BCUT2D eigenvalue weighted by Gasteiger charge is 1.95. The van der Waals surface area contributed by atoms with Crippen molar-refractivity contribution in [2.45, 2.75) is 26.2 Å². The van der Waals surface area contributed by atoms with Gasteiger partial charge in [-0.1, -0.05) is 19.8 Å². The van der Waals surface area contributed by atoms with E-state index in [0.717, 1.165) is 19.3 Å². The average Bonchev–Trinajstić information content (AvgIpc) is 2.11. The molecule has 0 aromatic carbocycles. The van der Waals surface area contributed by atoms with Crippen LogP contribution >= 0.6 is 12.2 Å². The largest absolute Gasteiger partial charge is 0.479 e. The zero-order chi connectivity index (χ0) is 10.4. The molecule has 0 fully saturated rings. The molecule has 0 radical (unpaired) electrons. The van der Waals surface area contributed by atoms with Crippen LogP contribution in [0.4, 0.5) is 0 Å². The number of rotatable bonds is 5. The van der Waals surface area contributed by atoms with Crippen molar-refractivity contribution < 1.29 is 4.74 Å². The monoisotopic (exact) mass is 214 g/mol. The zero-order valence-corrected chi connectivity index (χ0v) is 8.95. The van der Waals surface area contributed by atoms with Gasteiger partial charge in [0.05, 0.1) is 12.7 Å². The van der Waals surface area contributed by atoms with Crippen LogP contribution in [0, 0.1) is 4.77 Å². The smallest absolute Gasteiger partial charge is 0.255 e. The molecule has 4 nitrogen and oxygen atoms in total. The Kier molecular flexibility index (Phi) is 4.39. The maximum absolute atomic E-state index is 11.0. The van der Waals surface area contributed by atoms with Crippen LogP contribution in [0.1, 0.15) is 26.2 Å². The number of aromatic amines is 2. The van der Waals surface area contributed by atoms with Gasteiger partial charge in [0.1, 0.15) is 0 Å². The number of nitrogens with one attached hydrogen (secondary N) is 2. The minimum atomic E-state index is -0.237. The highest BCUT2D eigenvalue weighted by Crippen LogP contribution is 2.02. The Morgan fingerprint density at radius 2 is 2.21 bits per heavy atom. The zero-order valence-electron chi connectivity index (χ0n) is 8.13. The molecule has 0 aliphatic heterocycles. The number of unbranched alkanes of at least 4 members (excludes halogenated alkanes) is 2. The Morgan fingerprint density at radius 1 is 1.43 bits per heavy atom. The molecular formula is C9H14N2O2S. The number of aromatic nitrogens is 2. The second kappa shape index (κ2) is 5.59. The molecule has 0 bridgehead atoms. The lowest BCUT2D eigenvalue weighted by atomic mass is 10.3. The summed E-state index contributed by atoms with van der Waals surface area (Å²) in [6.07, 6.45) is 3.27. The van der Waals surface area contributed by atoms with Gasteiger partial charge in [0.2, 0.25) is 0 Å². The van der Waals surface area contributed by atoms with Gasteiger partial charge < -0.3 is 9.72 Å². The number of hydrogen-bond donors (Lipinski definition) is 2. The lowest BCUT2D eigenvalue weighted by molar-refractivity contribution is 0.293. The van der Waals surface area contributed by atoms with Crippen molar-refractivity contribution in [1.82, 2.24) is 9.97 Å². The fourth-order valence-corrected chi connectivity index (χ4v) is 1.26. The molecule has 0 unspecified atom stereocenters. The predicted molar refractivity (Wildman–Crippen MR) is 57.3 cm³/mol. The van der Waals surface area contributed by atoms with Gasteiger partial charge in [0, 0.05) is 0 Å². The van der Waals surface area contributed by atoms with Crippen molar-refractivity contribution in [3.8, 4) is 5.88 Å². The molecular weight excluding hydrogens is 200 g/mol. The Hall–Kier alpha value is -1.10.